The van der Waals surface area contributed by atoms with E-state index in [0.29, 0.717) is 27.3 Å². The zero-order valence-electron chi connectivity index (χ0n) is 15.6. The number of fused-ring (bicyclic) bond motifs is 1. The molecular weight excluding hydrogens is 428 g/mol. The van der Waals surface area contributed by atoms with Crippen molar-refractivity contribution < 1.29 is 13.9 Å². The Morgan fingerprint density at radius 2 is 1.83 bits per heavy atom. The molecule has 1 amide bonds. The first-order valence-electron chi connectivity index (χ1n) is 9.07. The Labute approximate surface area is 182 Å². The molecular formula is C22H16Cl2FN3O2. The highest BCUT2D eigenvalue weighted by molar-refractivity contribution is 6.35. The van der Waals surface area contributed by atoms with Crippen LogP contribution in [0.5, 0.6) is 5.75 Å². The molecule has 4 rings (SSSR count). The van der Waals surface area contributed by atoms with Gasteiger partial charge in [-0.05, 0) is 54.6 Å². The minimum Gasteiger partial charge on any atom is -0.484 e. The third-order valence-corrected chi connectivity index (χ3v) is 4.94. The van der Waals surface area contributed by atoms with Crippen LogP contribution in [0.25, 0.3) is 11.0 Å². The summed E-state index contributed by atoms with van der Waals surface area (Å²) in [6.45, 7) is 0.130. The Hall–Kier alpha value is -3.09. The number of para-hydroxylation sites is 2. The van der Waals surface area contributed by atoms with Crippen molar-refractivity contribution in [2.45, 2.75) is 13.2 Å². The van der Waals surface area contributed by atoms with E-state index < -0.39 is 0 Å². The standard InChI is InChI=1S/C22H16Cl2FN3O2/c23-14-5-10-20(17(24)11-14)30-13-21-27-18-3-1-2-4-19(18)28(21)12-22(29)26-16-8-6-15(25)7-9-16/h1-11H,12-13H2,(H,26,29). The fourth-order valence-corrected chi connectivity index (χ4v) is 3.49. The molecule has 5 nitrogen and oxygen atoms in total. The van der Waals surface area contributed by atoms with Crippen LogP contribution < -0.4 is 10.1 Å². The summed E-state index contributed by atoms with van der Waals surface area (Å²) in [4.78, 5) is 17.2. The highest BCUT2D eigenvalue weighted by atomic mass is 35.5. The second-order valence-electron chi connectivity index (χ2n) is 6.52. The SMILES string of the molecule is O=C(Cn1c(COc2ccc(Cl)cc2Cl)nc2ccccc21)Nc1ccc(F)cc1. The molecule has 0 saturated carbocycles. The maximum absolute atomic E-state index is 13.1. The van der Waals surface area contributed by atoms with Crippen LogP contribution in [-0.4, -0.2) is 15.5 Å². The summed E-state index contributed by atoms with van der Waals surface area (Å²) in [6.07, 6.45) is 0. The van der Waals surface area contributed by atoms with Gasteiger partial charge < -0.3 is 14.6 Å². The van der Waals surface area contributed by atoms with E-state index in [9.17, 15) is 9.18 Å². The van der Waals surface area contributed by atoms with E-state index in [0.717, 1.165) is 11.0 Å². The molecule has 0 saturated heterocycles. The maximum Gasteiger partial charge on any atom is 0.244 e. The lowest BCUT2D eigenvalue weighted by molar-refractivity contribution is -0.116. The summed E-state index contributed by atoms with van der Waals surface area (Å²) >= 11 is 12.1. The molecule has 0 radical (unpaired) electrons. The molecule has 0 aliphatic rings. The van der Waals surface area contributed by atoms with Gasteiger partial charge in [0.15, 0.2) is 0 Å². The van der Waals surface area contributed by atoms with Gasteiger partial charge in [-0.3, -0.25) is 4.79 Å². The highest BCUT2D eigenvalue weighted by Crippen LogP contribution is 2.28. The first kappa shape index (κ1) is 20.2. The summed E-state index contributed by atoms with van der Waals surface area (Å²) in [5, 5.41) is 3.66. The normalized spacial score (nSPS) is 10.9. The van der Waals surface area contributed by atoms with E-state index >= 15 is 0 Å². The number of aromatic nitrogens is 2. The molecule has 1 aromatic heterocycles. The number of carbonyl (C=O) groups is 1. The summed E-state index contributed by atoms with van der Waals surface area (Å²) in [5.41, 5.74) is 2.05. The average molecular weight is 444 g/mol. The van der Waals surface area contributed by atoms with Gasteiger partial charge in [-0.15, -0.1) is 0 Å². The van der Waals surface area contributed by atoms with Gasteiger partial charge in [0.1, 0.15) is 30.5 Å². The van der Waals surface area contributed by atoms with E-state index in [2.05, 4.69) is 10.3 Å². The molecule has 4 aromatic rings. The lowest BCUT2D eigenvalue weighted by Gasteiger charge is -2.12. The topological polar surface area (TPSA) is 56.2 Å². The van der Waals surface area contributed by atoms with Gasteiger partial charge in [-0.2, -0.15) is 0 Å². The number of hydrogen-bond acceptors (Lipinski definition) is 3. The van der Waals surface area contributed by atoms with Gasteiger partial charge in [0.05, 0.1) is 16.1 Å². The zero-order valence-corrected chi connectivity index (χ0v) is 17.1. The number of halogens is 3. The minimum atomic E-state index is -0.367. The number of rotatable bonds is 6. The van der Waals surface area contributed by atoms with Gasteiger partial charge in [0, 0.05) is 10.7 Å². The predicted molar refractivity (Wildman–Crippen MR) is 116 cm³/mol. The second-order valence-corrected chi connectivity index (χ2v) is 7.37. The molecule has 1 N–H and O–H groups in total. The molecule has 0 unspecified atom stereocenters. The molecule has 0 bridgehead atoms. The number of nitrogens with one attached hydrogen (secondary N) is 1. The predicted octanol–water partition coefficient (Wildman–Crippen LogP) is 5.70. The van der Waals surface area contributed by atoms with Crippen molar-refractivity contribution >= 4 is 45.8 Å². The highest BCUT2D eigenvalue weighted by Gasteiger charge is 2.15. The molecule has 0 fully saturated rings. The zero-order chi connectivity index (χ0) is 21.1. The van der Waals surface area contributed by atoms with Crippen LogP contribution in [-0.2, 0) is 17.9 Å². The summed E-state index contributed by atoms with van der Waals surface area (Å²) in [7, 11) is 0. The molecule has 3 aromatic carbocycles. The minimum absolute atomic E-state index is 0.0188. The van der Waals surface area contributed by atoms with Gasteiger partial charge in [-0.25, -0.2) is 9.37 Å². The number of imidazole rings is 1. The van der Waals surface area contributed by atoms with Gasteiger partial charge in [-0.1, -0.05) is 35.3 Å². The second kappa shape index (κ2) is 8.73. The largest absolute Gasteiger partial charge is 0.484 e. The number of benzene rings is 3. The van der Waals surface area contributed by atoms with Crippen LogP contribution >= 0.6 is 23.2 Å². The van der Waals surface area contributed by atoms with Crippen LogP contribution in [0, 0.1) is 5.82 Å². The monoisotopic (exact) mass is 443 g/mol. The molecule has 8 heteroatoms. The van der Waals surface area contributed by atoms with Crippen LogP contribution in [0.4, 0.5) is 10.1 Å². The van der Waals surface area contributed by atoms with Crippen molar-refractivity contribution in [1.82, 2.24) is 9.55 Å². The average Bonchev–Trinajstić information content (AvgIpc) is 3.06. The quantitative estimate of drug-likeness (QED) is 0.415. The summed E-state index contributed by atoms with van der Waals surface area (Å²) in [5.74, 6) is 0.399. The Balaban J connectivity index is 1.56. The van der Waals surface area contributed by atoms with E-state index in [1.165, 1.54) is 24.3 Å². The van der Waals surface area contributed by atoms with E-state index in [1.807, 2.05) is 24.3 Å². The number of hydrogen-bond donors (Lipinski definition) is 1. The lowest BCUT2D eigenvalue weighted by Crippen LogP contribution is -2.20. The van der Waals surface area contributed by atoms with Gasteiger partial charge in [0.25, 0.3) is 0 Å². The fourth-order valence-electron chi connectivity index (χ4n) is 3.02. The van der Waals surface area contributed by atoms with Crippen LogP contribution in [0.3, 0.4) is 0 Å². The third kappa shape index (κ3) is 4.56. The van der Waals surface area contributed by atoms with Gasteiger partial charge >= 0.3 is 0 Å². The number of amides is 1. The van der Waals surface area contributed by atoms with Crippen molar-refractivity contribution in [1.29, 1.82) is 0 Å². The lowest BCUT2D eigenvalue weighted by atomic mass is 10.3. The van der Waals surface area contributed by atoms with Crippen LogP contribution in [0.2, 0.25) is 10.0 Å². The number of nitrogens with zero attached hydrogens (tertiary/aromatic N) is 2. The molecule has 152 valence electrons. The van der Waals surface area contributed by atoms with Crippen LogP contribution in [0.15, 0.2) is 66.7 Å². The Bertz CT molecular complexity index is 1210. The third-order valence-electron chi connectivity index (χ3n) is 4.41. The molecule has 30 heavy (non-hydrogen) atoms. The molecule has 0 atom stereocenters. The number of anilines is 1. The molecule has 1 heterocycles. The summed E-state index contributed by atoms with van der Waals surface area (Å²) < 4.78 is 20.7. The number of carbonyl (C=O) groups excluding carboxylic acids is 1. The summed E-state index contributed by atoms with van der Waals surface area (Å²) in [6, 6.07) is 18.0. The van der Waals surface area contributed by atoms with Gasteiger partial charge in [0.2, 0.25) is 5.91 Å². The Morgan fingerprint density at radius 3 is 2.60 bits per heavy atom. The molecule has 0 aliphatic heterocycles. The number of ether oxygens (including phenoxy) is 1. The van der Waals surface area contributed by atoms with Crippen LogP contribution in [0.1, 0.15) is 5.82 Å². The van der Waals surface area contributed by atoms with E-state index in [1.54, 1.807) is 22.8 Å². The first-order valence-corrected chi connectivity index (χ1v) is 9.82. The Morgan fingerprint density at radius 1 is 1.07 bits per heavy atom. The maximum atomic E-state index is 13.1. The van der Waals surface area contributed by atoms with Crippen molar-refractivity contribution in [3.05, 3.63) is 88.4 Å². The fraction of sp³-hybridized carbons (Fsp3) is 0.0909. The molecule has 0 aliphatic carbocycles. The van der Waals surface area contributed by atoms with E-state index in [4.69, 9.17) is 27.9 Å². The van der Waals surface area contributed by atoms with Crippen molar-refractivity contribution in [2.75, 3.05) is 5.32 Å². The Kier molecular flexibility index (Phi) is 5.88. The first-order chi connectivity index (χ1) is 14.5. The smallest absolute Gasteiger partial charge is 0.244 e. The van der Waals surface area contributed by atoms with Crippen molar-refractivity contribution in [2.24, 2.45) is 0 Å². The van der Waals surface area contributed by atoms with Crippen molar-refractivity contribution in [3.63, 3.8) is 0 Å². The van der Waals surface area contributed by atoms with E-state index in [-0.39, 0.29) is 24.9 Å². The molecule has 0 spiro atoms. The van der Waals surface area contributed by atoms with Crippen molar-refractivity contribution in [3.8, 4) is 5.75 Å².